The molecule has 0 amide bonds. The summed E-state index contributed by atoms with van der Waals surface area (Å²) in [6.07, 6.45) is -0.838. The number of hydrogen-bond acceptors (Lipinski definition) is 9. The van der Waals surface area contributed by atoms with E-state index in [9.17, 15) is 0 Å². The summed E-state index contributed by atoms with van der Waals surface area (Å²) in [5.74, 6) is -3.25. The second-order valence-electron chi connectivity index (χ2n) is 2.28. The molecule has 0 aliphatic carbocycles. The summed E-state index contributed by atoms with van der Waals surface area (Å²) in [6, 6.07) is 0. The van der Waals surface area contributed by atoms with Gasteiger partial charge < -0.3 is 46.3 Å². The Kier molecular flexibility index (Phi) is 79.3. The average molecular weight is 322 g/mol. The maximum Gasteiger partial charge on any atom is 1.00 e. The number of carboxylic acid groups (broad SMARTS) is 3. The van der Waals surface area contributed by atoms with E-state index < -0.39 is 24.1 Å². The number of carbonyl (C=O) groups excluding carboxylic acids is 3. The standard InChI is InChI=1S/C2H8N2O.3C2H4O2.3Na/c3-1-2(4)5;3*1-2(3)4;;;/h2,5H,1,3-4H2;3*1H3,(H,3,4);;;/q;;;;3*+1/p-3. The van der Waals surface area contributed by atoms with E-state index >= 15 is 0 Å². The van der Waals surface area contributed by atoms with Gasteiger partial charge in [-0.3, -0.25) is 0 Å². The Morgan fingerprint density at radius 1 is 0.900 bits per heavy atom. The Morgan fingerprint density at radius 3 is 0.950 bits per heavy atom. The molecular weight excluding hydrogens is 305 g/mol. The van der Waals surface area contributed by atoms with Crippen LogP contribution in [0.4, 0.5) is 0 Å². The van der Waals surface area contributed by atoms with Crippen molar-refractivity contribution in [2.45, 2.75) is 27.0 Å². The fourth-order valence-electron chi connectivity index (χ4n) is 0. The van der Waals surface area contributed by atoms with Gasteiger partial charge in [-0.1, -0.05) is 0 Å². The molecule has 0 fully saturated rings. The first kappa shape index (κ1) is 42.9. The molecule has 0 aromatic carbocycles. The minimum Gasteiger partial charge on any atom is -0.550 e. The first-order valence-electron chi connectivity index (χ1n) is 4.13. The number of aliphatic hydroxyl groups is 1. The average Bonchev–Trinajstić information content (AvgIpc) is 2.00. The second-order valence-corrected chi connectivity index (χ2v) is 2.28. The summed E-state index contributed by atoms with van der Waals surface area (Å²) >= 11 is 0. The predicted molar refractivity (Wildman–Crippen MR) is 51.3 cm³/mol. The van der Waals surface area contributed by atoms with Crippen molar-refractivity contribution in [1.82, 2.24) is 0 Å². The van der Waals surface area contributed by atoms with Gasteiger partial charge in [0.1, 0.15) is 6.23 Å². The van der Waals surface area contributed by atoms with E-state index in [0.717, 1.165) is 20.8 Å². The molecule has 0 aromatic heterocycles. The van der Waals surface area contributed by atoms with E-state index in [4.69, 9.17) is 46.3 Å². The van der Waals surface area contributed by atoms with E-state index in [1.54, 1.807) is 0 Å². The molecule has 0 saturated heterocycles. The quantitative estimate of drug-likeness (QED) is 0.310. The molecule has 104 valence electrons. The number of carboxylic acids is 3. The topological polar surface area (TPSA) is 193 Å². The van der Waals surface area contributed by atoms with Crippen LogP contribution < -0.4 is 115 Å². The van der Waals surface area contributed by atoms with Gasteiger partial charge in [0.15, 0.2) is 0 Å². The van der Waals surface area contributed by atoms with Gasteiger partial charge >= 0.3 is 88.7 Å². The van der Waals surface area contributed by atoms with Crippen LogP contribution in [0.2, 0.25) is 0 Å². The van der Waals surface area contributed by atoms with E-state index in [1.165, 1.54) is 0 Å². The van der Waals surface area contributed by atoms with E-state index in [-0.39, 0.29) is 95.2 Å². The molecule has 5 N–H and O–H groups in total. The molecule has 0 aromatic rings. The third-order valence-electron chi connectivity index (χ3n) is 0.241. The van der Waals surface area contributed by atoms with Crippen LogP contribution in [-0.4, -0.2) is 35.8 Å². The number of nitrogens with two attached hydrogens (primary N) is 2. The van der Waals surface area contributed by atoms with Gasteiger partial charge in [-0.05, 0) is 20.8 Å². The fraction of sp³-hybridized carbons (Fsp3) is 0.625. The van der Waals surface area contributed by atoms with Gasteiger partial charge in [-0.2, -0.15) is 0 Å². The monoisotopic (exact) mass is 322 g/mol. The Labute approximate surface area is 184 Å². The smallest absolute Gasteiger partial charge is 0.550 e. The molecule has 0 aliphatic heterocycles. The zero-order valence-electron chi connectivity index (χ0n) is 12.8. The molecule has 0 radical (unpaired) electrons. The normalized spacial score (nSPS) is 7.50. The van der Waals surface area contributed by atoms with E-state index in [2.05, 4.69) is 0 Å². The molecule has 0 rings (SSSR count). The number of aliphatic carboxylic acids is 3. The first-order chi connectivity index (χ1) is 7.47. The third-order valence-corrected chi connectivity index (χ3v) is 0.241. The van der Waals surface area contributed by atoms with Crippen LogP contribution in [0.1, 0.15) is 20.8 Å². The molecule has 9 nitrogen and oxygen atoms in total. The molecule has 20 heavy (non-hydrogen) atoms. The van der Waals surface area contributed by atoms with Crippen molar-refractivity contribution in [3.63, 3.8) is 0 Å². The molecule has 0 heterocycles. The Bertz CT molecular complexity index is 178. The summed E-state index contributed by atoms with van der Waals surface area (Å²) in [7, 11) is 0. The number of rotatable bonds is 1. The van der Waals surface area contributed by atoms with Crippen molar-refractivity contribution in [3.8, 4) is 0 Å². The number of carbonyl (C=O) groups is 3. The van der Waals surface area contributed by atoms with Gasteiger partial charge in [-0.15, -0.1) is 0 Å². The summed E-state index contributed by atoms with van der Waals surface area (Å²) in [5.41, 5.74) is 9.52. The SMILES string of the molecule is CC(=O)[O-].CC(=O)[O-].CC(=O)[O-].NCC(N)O.[Na+].[Na+].[Na+]. The molecule has 0 spiro atoms. The van der Waals surface area contributed by atoms with Crippen LogP contribution in [0, 0.1) is 0 Å². The molecular formula is C8H17N2Na3O7. The summed E-state index contributed by atoms with van der Waals surface area (Å²) in [5, 5.41) is 34.7. The summed E-state index contributed by atoms with van der Waals surface area (Å²) in [4.78, 5) is 26.7. The number of aliphatic hydroxyl groups excluding tert-OH is 1. The Balaban J connectivity index is -0.0000000216. The fourth-order valence-corrected chi connectivity index (χ4v) is 0. The third kappa shape index (κ3) is 596. The van der Waals surface area contributed by atoms with Crippen molar-refractivity contribution >= 4 is 17.9 Å². The first-order valence-corrected chi connectivity index (χ1v) is 4.13. The van der Waals surface area contributed by atoms with Crippen LogP contribution in [0.15, 0.2) is 0 Å². The van der Waals surface area contributed by atoms with Gasteiger partial charge in [-0.25, -0.2) is 0 Å². The molecule has 12 heteroatoms. The molecule has 0 bridgehead atoms. The zero-order valence-corrected chi connectivity index (χ0v) is 18.8. The van der Waals surface area contributed by atoms with Crippen molar-refractivity contribution in [2.24, 2.45) is 11.5 Å². The van der Waals surface area contributed by atoms with Crippen LogP contribution in [0.5, 0.6) is 0 Å². The van der Waals surface area contributed by atoms with Crippen LogP contribution in [0.25, 0.3) is 0 Å². The van der Waals surface area contributed by atoms with Gasteiger partial charge in [0.05, 0.1) is 0 Å². The Hall–Kier alpha value is 1.29. The largest absolute Gasteiger partial charge is 1.00 e. The van der Waals surface area contributed by atoms with Crippen molar-refractivity contribution in [2.75, 3.05) is 6.54 Å². The summed E-state index contributed by atoms with van der Waals surface area (Å²) < 4.78 is 0. The second kappa shape index (κ2) is 37.0. The zero-order chi connectivity index (χ0) is 15.0. The maximum atomic E-state index is 8.89. The van der Waals surface area contributed by atoms with Crippen LogP contribution >= 0.6 is 0 Å². The Morgan fingerprint density at radius 2 is 0.950 bits per heavy atom. The van der Waals surface area contributed by atoms with Crippen molar-refractivity contribution in [1.29, 1.82) is 0 Å². The van der Waals surface area contributed by atoms with Gasteiger partial charge in [0, 0.05) is 24.5 Å². The van der Waals surface area contributed by atoms with E-state index in [1.807, 2.05) is 0 Å². The number of hydrogen-bond donors (Lipinski definition) is 3. The van der Waals surface area contributed by atoms with Crippen LogP contribution in [0.3, 0.4) is 0 Å². The minimum absolute atomic E-state index is 0. The van der Waals surface area contributed by atoms with Gasteiger partial charge in [0.2, 0.25) is 0 Å². The molecule has 1 unspecified atom stereocenters. The van der Waals surface area contributed by atoms with E-state index in [0.29, 0.717) is 0 Å². The maximum absolute atomic E-state index is 8.89. The minimum atomic E-state index is -1.08. The molecule has 0 saturated carbocycles. The predicted octanol–water partition coefficient (Wildman–Crippen LogP) is -14.5. The molecule has 0 aliphatic rings. The summed E-state index contributed by atoms with van der Waals surface area (Å²) in [6.45, 7) is 3.06. The van der Waals surface area contributed by atoms with Crippen molar-refractivity contribution in [3.05, 3.63) is 0 Å². The van der Waals surface area contributed by atoms with Crippen LogP contribution in [-0.2, 0) is 14.4 Å². The van der Waals surface area contributed by atoms with Gasteiger partial charge in [0.25, 0.3) is 0 Å². The molecule has 1 atom stereocenters. The van der Waals surface area contributed by atoms with Crippen molar-refractivity contribution < 1.29 is 123 Å².